The zero-order chi connectivity index (χ0) is 26.1. The predicted octanol–water partition coefficient (Wildman–Crippen LogP) is 9.10. The van der Waals surface area contributed by atoms with E-state index >= 15 is 0 Å². The molecule has 2 heterocycles. The molecule has 1 aromatic heterocycles. The van der Waals surface area contributed by atoms with Gasteiger partial charge in [0.15, 0.2) is 6.10 Å². The number of rotatable bonds is 17. The zero-order valence-electron chi connectivity index (χ0n) is 23.4. The van der Waals surface area contributed by atoms with Crippen LogP contribution < -0.4 is 4.74 Å². The van der Waals surface area contributed by atoms with Crippen LogP contribution in [0.5, 0.6) is 5.75 Å². The van der Waals surface area contributed by atoms with Crippen molar-refractivity contribution in [3.05, 3.63) is 48.2 Å². The van der Waals surface area contributed by atoms with Crippen LogP contribution in [-0.4, -0.2) is 23.7 Å². The van der Waals surface area contributed by atoms with Gasteiger partial charge in [0.2, 0.25) is 0 Å². The number of hydrogen-bond donors (Lipinski definition) is 0. The number of pyridine rings is 1. The summed E-state index contributed by atoms with van der Waals surface area (Å²) >= 11 is 0. The van der Waals surface area contributed by atoms with E-state index in [-0.39, 0.29) is 5.97 Å². The molecule has 1 aliphatic heterocycles. The Kier molecular flexibility index (Phi) is 13.8. The van der Waals surface area contributed by atoms with E-state index in [0.29, 0.717) is 18.3 Å². The number of aromatic nitrogens is 1. The molecule has 0 bridgehead atoms. The Morgan fingerprint density at radius 1 is 0.838 bits per heavy atom. The average Bonchev–Trinajstić information content (AvgIpc) is 2.93. The number of aryl methyl sites for hydroxylation is 1. The smallest absolute Gasteiger partial charge is 0.340 e. The van der Waals surface area contributed by atoms with Crippen LogP contribution in [0.3, 0.4) is 0 Å². The summed E-state index contributed by atoms with van der Waals surface area (Å²) < 4.78 is 11.5. The Bertz CT molecular complexity index is 869. The highest BCUT2D eigenvalue weighted by molar-refractivity contribution is 5.77. The molecule has 3 rings (SSSR count). The highest BCUT2D eigenvalue weighted by Crippen LogP contribution is 2.26. The first-order valence-corrected chi connectivity index (χ1v) is 15.1. The molecular formula is C33H49NO3. The fourth-order valence-electron chi connectivity index (χ4n) is 5.16. The van der Waals surface area contributed by atoms with Crippen molar-refractivity contribution in [1.29, 1.82) is 0 Å². The number of ether oxygens (including phenoxy) is 2. The summed E-state index contributed by atoms with van der Waals surface area (Å²) in [5.41, 5.74) is 3.27. The van der Waals surface area contributed by atoms with Gasteiger partial charge in [0.1, 0.15) is 5.75 Å². The first-order chi connectivity index (χ1) is 18.2. The minimum absolute atomic E-state index is 0.276. The fourth-order valence-corrected chi connectivity index (χ4v) is 5.16. The van der Waals surface area contributed by atoms with Crippen molar-refractivity contribution in [3.8, 4) is 17.0 Å². The van der Waals surface area contributed by atoms with Gasteiger partial charge in [-0.05, 0) is 73.9 Å². The number of carbonyl (C=O) groups excluding carboxylic acids is 1. The van der Waals surface area contributed by atoms with E-state index in [9.17, 15) is 4.79 Å². The van der Waals surface area contributed by atoms with Gasteiger partial charge in [-0.25, -0.2) is 4.79 Å². The van der Waals surface area contributed by atoms with Crippen molar-refractivity contribution >= 4 is 5.97 Å². The third-order valence-corrected chi connectivity index (χ3v) is 7.61. The molecular weight excluding hydrogens is 458 g/mol. The Labute approximate surface area is 225 Å². The molecule has 2 atom stereocenters. The van der Waals surface area contributed by atoms with Crippen molar-refractivity contribution in [2.75, 3.05) is 6.61 Å². The predicted molar refractivity (Wildman–Crippen MR) is 153 cm³/mol. The van der Waals surface area contributed by atoms with Gasteiger partial charge >= 0.3 is 5.97 Å². The van der Waals surface area contributed by atoms with Gasteiger partial charge in [-0.1, -0.05) is 90.5 Å². The van der Waals surface area contributed by atoms with Gasteiger partial charge in [0.05, 0.1) is 12.3 Å². The van der Waals surface area contributed by atoms with Crippen molar-refractivity contribution in [1.82, 2.24) is 4.98 Å². The summed E-state index contributed by atoms with van der Waals surface area (Å²) in [7, 11) is 0. The number of esters is 1. The maximum atomic E-state index is 12.6. The number of unbranched alkanes of at least 4 members (excludes halogenated alkanes) is 10. The van der Waals surface area contributed by atoms with Crippen molar-refractivity contribution < 1.29 is 14.3 Å². The van der Waals surface area contributed by atoms with E-state index in [4.69, 9.17) is 9.47 Å². The van der Waals surface area contributed by atoms with Crippen LogP contribution in [0.25, 0.3) is 11.3 Å². The third-order valence-electron chi connectivity index (χ3n) is 7.61. The molecule has 0 aliphatic carbocycles. The summed E-state index contributed by atoms with van der Waals surface area (Å²) in [5, 5.41) is 0. The molecule has 0 unspecified atom stereocenters. The van der Waals surface area contributed by atoms with E-state index in [2.05, 4.69) is 31.0 Å². The summed E-state index contributed by atoms with van der Waals surface area (Å²) in [6, 6.07) is 11.9. The molecule has 0 saturated carbocycles. The van der Waals surface area contributed by atoms with Crippen LogP contribution >= 0.6 is 0 Å². The molecule has 0 spiro atoms. The SMILES string of the molecule is CCCCCCCCCc1ccc(-c2ccc(OC(=O)[C@@H]3CC[C@H](CCCCCCC)CO3)cc2)nc1. The summed E-state index contributed by atoms with van der Waals surface area (Å²) in [6.45, 7) is 5.18. The van der Waals surface area contributed by atoms with Crippen LogP contribution in [0.1, 0.15) is 116 Å². The van der Waals surface area contributed by atoms with Crippen molar-refractivity contribution in [2.24, 2.45) is 5.92 Å². The second kappa shape index (κ2) is 17.3. The summed E-state index contributed by atoms with van der Waals surface area (Å²) in [5.74, 6) is 0.868. The lowest BCUT2D eigenvalue weighted by Crippen LogP contribution is -2.35. The summed E-state index contributed by atoms with van der Waals surface area (Å²) in [4.78, 5) is 17.3. The highest BCUT2D eigenvalue weighted by atomic mass is 16.6. The topological polar surface area (TPSA) is 48.4 Å². The monoisotopic (exact) mass is 507 g/mol. The molecule has 0 amide bonds. The first kappa shape index (κ1) is 29.4. The van der Waals surface area contributed by atoms with Gasteiger partial charge in [-0.15, -0.1) is 0 Å². The number of carbonyl (C=O) groups is 1. The van der Waals surface area contributed by atoms with E-state index in [1.54, 1.807) is 0 Å². The van der Waals surface area contributed by atoms with E-state index in [1.165, 1.54) is 89.0 Å². The number of benzene rings is 1. The normalized spacial score (nSPS) is 17.6. The lowest BCUT2D eigenvalue weighted by molar-refractivity contribution is -0.152. The average molecular weight is 508 g/mol. The van der Waals surface area contributed by atoms with Crippen molar-refractivity contribution in [3.63, 3.8) is 0 Å². The van der Waals surface area contributed by atoms with Gasteiger partial charge in [-0.2, -0.15) is 0 Å². The van der Waals surface area contributed by atoms with E-state index in [1.807, 2.05) is 30.5 Å². The molecule has 1 aliphatic rings. The fraction of sp³-hybridized carbons (Fsp3) is 0.636. The van der Waals surface area contributed by atoms with Gasteiger partial charge in [-0.3, -0.25) is 4.98 Å². The van der Waals surface area contributed by atoms with Gasteiger partial charge in [0, 0.05) is 11.8 Å². The van der Waals surface area contributed by atoms with Crippen LogP contribution in [0.15, 0.2) is 42.6 Å². The largest absolute Gasteiger partial charge is 0.425 e. The molecule has 1 fully saturated rings. The van der Waals surface area contributed by atoms with Crippen LogP contribution in [0.4, 0.5) is 0 Å². The molecule has 37 heavy (non-hydrogen) atoms. The van der Waals surface area contributed by atoms with E-state index < -0.39 is 6.10 Å². The minimum Gasteiger partial charge on any atom is -0.425 e. The zero-order valence-corrected chi connectivity index (χ0v) is 23.4. The Hall–Kier alpha value is -2.20. The quantitative estimate of drug-likeness (QED) is 0.122. The van der Waals surface area contributed by atoms with E-state index in [0.717, 1.165) is 30.5 Å². The molecule has 1 saturated heterocycles. The maximum absolute atomic E-state index is 12.6. The lowest BCUT2D eigenvalue weighted by Gasteiger charge is -2.27. The first-order valence-electron chi connectivity index (χ1n) is 15.1. The van der Waals surface area contributed by atoms with Crippen molar-refractivity contribution in [2.45, 2.75) is 123 Å². The molecule has 1 aromatic carbocycles. The Morgan fingerprint density at radius 2 is 1.51 bits per heavy atom. The standard InChI is InChI=1S/C33H49NO3/c1-3-5-7-9-10-12-13-15-27-17-23-31(34-25-27)29-19-21-30(22-20-29)37-33(35)32-24-18-28(26-36-32)16-14-11-8-6-4-2/h17,19-23,25,28,32H,3-16,18,24,26H2,1-2H3/t28-,32-/m0/s1. The Morgan fingerprint density at radius 3 is 2.14 bits per heavy atom. The molecule has 4 heteroatoms. The molecule has 4 nitrogen and oxygen atoms in total. The molecule has 2 aromatic rings. The van der Waals surface area contributed by atoms with Crippen LogP contribution in [0.2, 0.25) is 0 Å². The molecule has 204 valence electrons. The number of hydrogen-bond acceptors (Lipinski definition) is 4. The molecule has 0 N–H and O–H groups in total. The highest BCUT2D eigenvalue weighted by Gasteiger charge is 2.28. The van der Waals surface area contributed by atoms with Gasteiger partial charge in [0.25, 0.3) is 0 Å². The Balaban J connectivity index is 1.36. The second-order valence-electron chi connectivity index (χ2n) is 10.8. The second-order valence-corrected chi connectivity index (χ2v) is 10.8. The third kappa shape index (κ3) is 11.0. The minimum atomic E-state index is -0.443. The van der Waals surface area contributed by atoms with Crippen LogP contribution in [0, 0.1) is 5.92 Å². The van der Waals surface area contributed by atoms with Gasteiger partial charge < -0.3 is 9.47 Å². The maximum Gasteiger partial charge on any atom is 0.340 e. The number of nitrogens with zero attached hydrogens (tertiary/aromatic N) is 1. The summed E-state index contributed by atoms with van der Waals surface area (Å²) in [6.07, 6.45) is 21.5. The lowest BCUT2D eigenvalue weighted by atomic mass is 9.93. The molecule has 0 radical (unpaired) electrons. The van der Waals surface area contributed by atoms with Crippen LogP contribution in [-0.2, 0) is 16.0 Å².